The van der Waals surface area contributed by atoms with Gasteiger partial charge in [0.15, 0.2) is 0 Å². The molecule has 1 aliphatic carbocycles. The van der Waals surface area contributed by atoms with Crippen LogP contribution in [-0.2, 0) is 0 Å². The molecule has 0 saturated heterocycles. The molecule has 1 aromatic rings. The molecule has 0 spiro atoms. The molecule has 1 aromatic carbocycles. The minimum absolute atomic E-state index is 0.179. The SMILES string of the molecule is CNc1c(C2=CCCC(O)C2)ccc(C)c1C. The number of nitrogens with one attached hydrogen (secondary N) is 1. The number of anilines is 1. The van der Waals surface area contributed by atoms with Gasteiger partial charge in [0, 0.05) is 18.3 Å². The number of aliphatic hydroxyl groups is 1. The van der Waals surface area contributed by atoms with Gasteiger partial charge in [0.05, 0.1) is 6.10 Å². The zero-order chi connectivity index (χ0) is 12.4. The van der Waals surface area contributed by atoms with Crippen molar-refractivity contribution in [3.8, 4) is 0 Å². The quantitative estimate of drug-likeness (QED) is 0.818. The van der Waals surface area contributed by atoms with E-state index in [1.54, 1.807) is 0 Å². The van der Waals surface area contributed by atoms with E-state index in [2.05, 4.69) is 37.4 Å². The fourth-order valence-corrected chi connectivity index (χ4v) is 2.51. The van der Waals surface area contributed by atoms with Crippen molar-refractivity contribution in [2.75, 3.05) is 12.4 Å². The van der Waals surface area contributed by atoms with Crippen LogP contribution in [-0.4, -0.2) is 18.3 Å². The standard InChI is InChI=1S/C15H21NO/c1-10-7-8-14(15(16-3)11(10)2)12-5-4-6-13(17)9-12/h5,7-8,13,16-17H,4,6,9H2,1-3H3. The van der Waals surface area contributed by atoms with E-state index in [1.807, 2.05) is 7.05 Å². The van der Waals surface area contributed by atoms with Gasteiger partial charge in [0.2, 0.25) is 0 Å². The molecular formula is C15H21NO. The normalized spacial score (nSPS) is 20.0. The van der Waals surface area contributed by atoms with Crippen molar-refractivity contribution in [1.29, 1.82) is 0 Å². The largest absolute Gasteiger partial charge is 0.393 e. The molecular weight excluding hydrogens is 210 g/mol. The number of benzene rings is 1. The molecule has 2 nitrogen and oxygen atoms in total. The van der Waals surface area contributed by atoms with Gasteiger partial charge in [-0.25, -0.2) is 0 Å². The summed E-state index contributed by atoms with van der Waals surface area (Å²) < 4.78 is 0. The van der Waals surface area contributed by atoms with E-state index in [0.717, 1.165) is 19.3 Å². The molecule has 0 aliphatic heterocycles. The van der Waals surface area contributed by atoms with Crippen LogP contribution in [0, 0.1) is 13.8 Å². The molecule has 2 rings (SSSR count). The lowest BCUT2D eigenvalue weighted by atomic mass is 9.89. The Morgan fingerprint density at radius 2 is 2.06 bits per heavy atom. The van der Waals surface area contributed by atoms with Crippen LogP contribution >= 0.6 is 0 Å². The second-order valence-electron chi connectivity index (χ2n) is 4.84. The lowest BCUT2D eigenvalue weighted by molar-refractivity contribution is 0.167. The van der Waals surface area contributed by atoms with Crippen LogP contribution in [0.25, 0.3) is 5.57 Å². The van der Waals surface area contributed by atoms with Crippen LogP contribution in [0.2, 0.25) is 0 Å². The van der Waals surface area contributed by atoms with Crippen molar-refractivity contribution >= 4 is 11.3 Å². The number of allylic oxidation sites excluding steroid dienone is 1. The van der Waals surface area contributed by atoms with E-state index in [9.17, 15) is 5.11 Å². The van der Waals surface area contributed by atoms with E-state index in [1.165, 1.54) is 28.0 Å². The minimum Gasteiger partial charge on any atom is -0.393 e. The third kappa shape index (κ3) is 2.37. The van der Waals surface area contributed by atoms with Gasteiger partial charge in [-0.3, -0.25) is 0 Å². The van der Waals surface area contributed by atoms with E-state index in [4.69, 9.17) is 0 Å². The van der Waals surface area contributed by atoms with Crippen LogP contribution in [0.15, 0.2) is 18.2 Å². The fraction of sp³-hybridized carbons (Fsp3) is 0.467. The Hall–Kier alpha value is -1.28. The highest BCUT2D eigenvalue weighted by Crippen LogP contribution is 2.34. The summed E-state index contributed by atoms with van der Waals surface area (Å²) in [6, 6.07) is 4.32. The molecule has 0 heterocycles. The van der Waals surface area contributed by atoms with Gasteiger partial charge in [0.25, 0.3) is 0 Å². The summed E-state index contributed by atoms with van der Waals surface area (Å²) in [5.74, 6) is 0. The molecule has 0 amide bonds. The van der Waals surface area contributed by atoms with Crippen LogP contribution in [0.5, 0.6) is 0 Å². The first-order valence-corrected chi connectivity index (χ1v) is 6.29. The van der Waals surface area contributed by atoms with Crippen LogP contribution in [0.3, 0.4) is 0 Å². The molecule has 0 aromatic heterocycles. The first-order chi connectivity index (χ1) is 8.13. The van der Waals surface area contributed by atoms with E-state index in [0.29, 0.717) is 0 Å². The predicted octanol–water partition coefficient (Wildman–Crippen LogP) is 3.27. The van der Waals surface area contributed by atoms with Gasteiger partial charge >= 0.3 is 0 Å². The molecule has 1 aliphatic rings. The molecule has 2 heteroatoms. The smallest absolute Gasteiger partial charge is 0.0583 e. The average molecular weight is 231 g/mol. The lowest BCUT2D eigenvalue weighted by Crippen LogP contribution is -2.12. The van der Waals surface area contributed by atoms with Crippen LogP contribution < -0.4 is 5.32 Å². The summed E-state index contributed by atoms with van der Waals surface area (Å²) in [5, 5.41) is 13.1. The molecule has 0 fully saturated rings. The minimum atomic E-state index is -0.179. The van der Waals surface area contributed by atoms with E-state index < -0.39 is 0 Å². The predicted molar refractivity (Wildman–Crippen MR) is 73.3 cm³/mol. The zero-order valence-electron chi connectivity index (χ0n) is 10.9. The van der Waals surface area contributed by atoms with Crippen molar-refractivity contribution in [1.82, 2.24) is 0 Å². The first kappa shape index (κ1) is 12.2. The first-order valence-electron chi connectivity index (χ1n) is 6.29. The molecule has 0 radical (unpaired) electrons. The summed E-state index contributed by atoms with van der Waals surface area (Å²) in [5.41, 5.74) is 6.32. The number of hydrogen-bond acceptors (Lipinski definition) is 2. The Kier molecular flexibility index (Phi) is 3.53. The highest BCUT2D eigenvalue weighted by atomic mass is 16.3. The second kappa shape index (κ2) is 4.92. The van der Waals surface area contributed by atoms with Gasteiger partial charge in [-0.15, -0.1) is 0 Å². The highest BCUT2D eigenvalue weighted by Gasteiger charge is 2.17. The van der Waals surface area contributed by atoms with Crippen molar-refractivity contribution in [3.05, 3.63) is 34.9 Å². The van der Waals surface area contributed by atoms with Crippen molar-refractivity contribution in [2.24, 2.45) is 0 Å². The molecule has 1 atom stereocenters. The monoisotopic (exact) mass is 231 g/mol. The zero-order valence-corrected chi connectivity index (χ0v) is 10.9. The highest BCUT2D eigenvalue weighted by molar-refractivity contribution is 5.79. The summed E-state index contributed by atoms with van der Waals surface area (Å²) in [6.45, 7) is 4.27. The maximum Gasteiger partial charge on any atom is 0.0583 e. The van der Waals surface area contributed by atoms with Gasteiger partial charge < -0.3 is 10.4 Å². The van der Waals surface area contributed by atoms with Gasteiger partial charge in [-0.05, 0) is 49.8 Å². The molecule has 1 unspecified atom stereocenters. The van der Waals surface area contributed by atoms with Crippen LogP contribution in [0.1, 0.15) is 36.0 Å². The summed E-state index contributed by atoms with van der Waals surface area (Å²) in [6.07, 6.45) is 4.73. The summed E-state index contributed by atoms with van der Waals surface area (Å²) in [4.78, 5) is 0. The molecule has 17 heavy (non-hydrogen) atoms. The van der Waals surface area contributed by atoms with Gasteiger partial charge in [-0.1, -0.05) is 18.2 Å². The Balaban J connectivity index is 2.45. The topological polar surface area (TPSA) is 32.3 Å². The maximum absolute atomic E-state index is 9.77. The molecule has 0 saturated carbocycles. The van der Waals surface area contributed by atoms with Crippen molar-refractivity contribution in [3.63, 3.8) is 0 Å². The Labute approximate surface area is 103 Å². The van der Waals surface area contributed by atoms with E-state index in [-0.39, 0.29) is 6.10 Å². The number of hydrogen-bond donors (Lipinski definition) is 2. The lowest BCUT2D eigenvalue weighted by Gasteiger charge is -2.22. The third-order valence-electron chi connectivity index (χ3n) is 3.68. The molecule has 2 N–H and O–H groups in total. The molecule has 92 valence electrons. The van der Waals surface area contributed by atoms with Crippen LogP contribution in [0.4, 0.5) is 5.69 Å². The Bertz CT molecular complexity index is 448. The average Bonchev–Trinajstić information content (AvgIpc) is 2.32. The molecule has 0 bridgehead atoms. The summed E-state index contributed by atoms with van der Waals surface area (Å²) in [7, 11) is 1.96. The van der Waals surface area contributed by atoms with Gasteiger partial charge in [0.1, 0.15) is 0 Å². The summed E-state index contributed by atoms with van der Waals surface area (Å²) >= 11 is 0. The fourth-order valence-electron chi connectivity index (χ4n) is 2.51. The van der Waals surface area contributed by atoms with Gasteiger partial charge in [-0.2, -0.15) is 0 Å². The van der Waals surface area contributed by atoms with Crippen molar-refractivity contribution in [2.45, 2.75) is 39.2 Å². The third-order valence-corrected chi connectivity index (χ3v) is 3.68. The Morgan fingerprint density at radius 1 is 1.29 bits per heavy atom. The number of aliphatic hydroxyl groups excluding tert-OH is 1. The Morgan fingerprint density at radius 3 is 2.71 bits per heavy atom. The van der Waals surface area contributed by atoms with Crippen molar-refractivity contribution < 1.29 is 5.11 Å². The number of aryl methyl sites for hydroxylation is 1. The number of rotatable bonds is 2. The second-order valence-corrected chi connectivity index (χ2v) is 4.84. The van der Waals surface area contributed by atoms with E-state index >= 15 is 0 Å². The maximum atomic E-state index is 9.77.